The molecule has 4 aromatic rings. The second-order valence-corrected chi connectivity index (χ2v) is 10.6. The van der Waals surface area contributed by atoms with E-state index in [0.717, 1.165) is 16.9 Å². The van der Waals surface area contributed by atoms with Crippen molar-refractivity contribution in [3.63, 3.8) is 0 Å². The summed E-state index contributed by atoms with van der Waals surface area (Å²) in [5.41, 5.74) is 3.93. The molecule has 0 fully saturated rings. The molecule has 1 aliphatic heterocycles. The van der Waals surface area contributed by atoms with E-state index in [-0.39, 0.29) is 13.2 Å². The van der Waals surface area contributed by atoms with Gasteiger partial charge in [0.1, 0.15) is 18.4 Å². The summed E-state index contributed by atoms with van der Waals surface area (Å²) in [5, 5.41) is 9.73. The van der Waals surface area contributed by atoms with E-state index in [1.807, 2.05) is 55.5 Å². The summed E-state index contributed by atoms with van der Waals surface area (Å²) in [4.78, 5) is 17.8. The van der Waals surface area contributed by atoms with Crippen molar-refractivity contribution >= 4 is 46.9 Å². The van der Waals surface area contributed by atoms with E-state index < -0.39 is 12.0 Å². The summed E-state index contributed by atoms with van der Waals surface area (Å²) in [5.74, 6) is 1.49. The average Bonchev–Trinajstić information content (AvgIpc) is 3.34. The van der Waals surface area contributed by atoms with Crippen molar-refractivity contribution < 1.29 is 14.3 Å². The minimum absolute atomic E-state index is 0.260. The summed E-state index contributed by atoms with van der Waals surface area (Å²) in [6.45, 7) is 4.15. The van der Waals surface area contributed by atoms with Crippen LogP contribution in [0.3, 0.4) is 0 Å². The molecular weight excluding hydrogens is 555 g/mol. The number of nitrogens with one attached hydrogen (secondary N) is 1. The molecule has 1 aromatic heterocycles. The molecule has 1 aliphatic rings. The lowest BCUT2D eigenvalue weighted by Gasteiger charge is -2.28. The fourth-order valence-corrected chi connectivity index (χ4v) is 5.52. The van der Waals surface area contributed by atoms with E-state index in [0.29, 0.717) is 38.2 Å². The van der Waals surface area contributed by atoms with Gasteiger partial charge >= 0.3 is 5.97 Å². The second kappa shape index (κ2) is 12.2. The van der Waals surface area contributed by atoms with Gasteiger partial charge in [-0.15, -0.1) is 5.10 Å². The maximum atomic E-state index is 13.1. The first kappa shape index (κ1) is 27.1. The number of benzene rings is 3. The summed E-state index contributed by atoms with van der Waals surface area (Å²) in [7, 11) is 0. The van der Waals surface area contributed by atoms with E-state index in [9.17, 15) is 4.79 Å². The number of hydrogen-bond acceptors (Lipinski definition) is 7. The Bertz CT molecular complexity index is 1520. The Balaban J connectivity index is 1.45. The van der Waals surface area contributed by atoms with Gasteiger partial charge in [-0.1, -0.05) is 83.5 Å². The van der Waals surface area contributed by atoms with Crippen LogP contribution in [0.2, 0.25) is 10.0 Å². The second-order valence-electron chi connectivity index (χ2n) is 8.82. The number of carbonyl (C=O) groups is 1. The van der Waals surface area contributed by atoms with Gasteiger partial charge in [-0.2, -0.15) is 4.98 Å². The number of rotatable bonds is 9. The first-order valence-corrected chi connectivity index (χ1v) is 14.1. The van der Waals surface area contributed by atoms with E-state index in [4.69, 9.17) is 42.8 Å². The van der Waals surface area contributed by atoms with Gasteiger partial charge < -0.3 is 14.8 Å². The molecule has 0 aliphatic carbocycles. The molecule has 10 heteroatoms. The zero-order valence-corrected chi connectivity index (χ0v) is 23.7. The van der Waals surface area contributed by atoms with Gasteiger partial charge in [-0.3, -0.25) is 0 Å². The summed E-state index contributed by atoms with van der Waals surface area (Å²) in [6.07, 6.45) is 0. The highest BCUT2D eigenvalue weighted by molar-refractivity contribution is 7.98. The summed E-state index contributed by atoms with van der Waals surface area (Å²) >= 11 is 13.9. The quantitative estimate of drug-likeness (QED) is 0.164. The number of hydrogen-bond donors (Lipinski definition) is 1. The molecular formula is C29H26Cl2N4O3S. The van der Waals surface area contributed by atoms with Gasteiger partial charge in [0.15, 0.2) is 0 Å². The van der Waals surface area contributed by atoms with Crippen LogP contribution in [0.15, 0.2) is 89.2 Å². The van der Waals surface area contributed by atoms with Crippen LogP contribution in [0.5, 0.6) is 5.75 Å². The molecule has 0 radical (unpaired) electrons. The lowest BCUT2D eigenvalue weighted by Crippen LogP contribution is -2.29. The van der Waals surface area contributed by atoms with Crippen molar-refractivity contribution in [2.45, 2.75) is 37.4 Å². The number of fused-ring (bicyclic) bond motifs is 1. The van der Waals surface area contributed by atoms with Crippen LogP contribution in [-0.4, -0.2) is 27.3 Å². The Hall–Kier alpha value is -3.46. The van der Waals surface area contributed by atoms with Gasteiger partial charge in [-0.25, -0.2) is 9.48 Å². The first-order chi connectivity index (χ1) is 18.9. The van der Waals surface area contributed by atoms with Gasteiger partial charge in [0.2, 0.25) is 11.1 Å². The Labute approximate surface area is 241 Å². The van der Waals surface area contributed by atoms with Crippen LogP contribution in [0, 0.1) is 0 Å². The number of esters is 1. The number of halogens is 2. The Kier molecular flexibility index (Phi) is 8.45. The fraction of sp³-hybridized carbons (Fsp3) is 0.207. The summed E-state index contributed by atoms with van der Waals surface area (Å²) < 4.78 is 13.2. The van der Waals surface area contributed by atoms with Crippen LogP contribution in [0.1, 0.15) is 36.6 Å². The maximum absolute atomic E-state index is 13.1. The van der Waals surface area contributed by atoms with Crippen molar-refractivity contribution in [1.29, 1.82) is 0 Å². The molecule has 7 nitrogen and oxygen atoms in total. The molecule has 200 valence electrons. The van der Waals surface area contributed by atoms with Crippen LogP contribution < -0.4 is 10.1 Å². The van der Waals surface area contributed by atoms with E-state index in [1.54, 1.807) is 23.7 Å². The molecule has 2 heterocycles. The van der Waals surface area contributed by atoms with Gasteiger partial charge in [-0.05, 0) is 49.2 Å². The predicted molar refractivity (Wildman–Crippen MR) is 154 cm³/mol. The highest BCUT2D eigenvalue weighted by Crippen LogP contribution is 2.38. The van der Waals surface area contributed by atoms with Gasteiger partial charge in [0.25, 0.3) is 0 Å². The lowest BCUT2D eigenvalue weighted by molar-refractivity contribution is -0.139. The Morgan fingerprint density at radius 1 is 1.08 bits per heavy atom. The zero-order valence-electron chi connectivity index (χ0n) is 21.4. The zero-order chi connectivity index (χ0) is 27.4. The summed E-state index contributed by atoms with van der Waals surface area (Å²) in [6, 6.07) is 22.5. The van der Waals surface area contributed by atoms with Crippen molar-refractivity contribution in [2.75, 3.05) is 11.9 Å². The smallest absolute Gasteiger partial charge is 0.338 e. The molecule has 0 saturated carbocycles. The lowest BCUT2D eigenvalue weighted by atomic mass is 9.95. The number of carbonyl (C=O) groups excluding carboxylic acids is 1. The monoisotopic (exact) mass is 580 g/mol. The Morgan fingerprint density at radius 2 is 1.90 bits per heavy atom. The van der Waals surface area contributed by atoms with Crippen molar-refractivity contribution in [1.82, 2.24) is 14.8 Å². The van der Waals surface area contributed by atoms with Gasteiger partial charge in [0.05, 0.1) is 12.2 Å². The molecule has 0 amide bonds. The third kappa shape index (κ3) is 6.24. The third-order valence-corrected chi connectivity index (χ3v) is 7.62. The Morgan fingerprint density at radius 3 is 2.67 bits per heavy atom. The highest BCUT2D eigenvalue weighted by atomic mass is 35.5. The van der Waals surface area contributed by atoms with E-state index in [1.165, 1.54) is 17.3 Å². The SMILES string of the molecule is CCOC(=O)C1=C(C)Nc2nc(SCc3ccccc3)nn2C1c1cccc(OCc2ccc(Cl)cc2Cl)c1. The normalized spacial score (nSPS) is 14.5. The van der Waals surface area contributed by atoms with Crippen molar-refractivity contribution in [2.24, 2.45) is 0 Å². The topological polar surface area (TPSA) is 78.3 Å². The third-order valence-electron chi connectivity index (χ3n) is 6.12. The first-order valence-electron chi connectivity index (χ1n) is 12.4. The average molecular weight is 582 g/mol. The molecule has 39 heavy (non-hydrogen) atoms. The number of anilines is 1. The highest BCUT2D eigenvalue weighted by Gasteiger charge is 2.35. The predicted octanol–water partition coefficient (Wildman–Crippen LogP) is 7.31. The van der Waals surface area contributed by atoms with Crippen LogP contribution in [0.4, 0.5) is 5.95 Å². The number of nitrogens with zero attached hydrogens (tertiary/aromatic N) is 3. The molecule has 0 saturated heterocycles. The number of allylic oxidation sites excluding steroid dienone is 1. The maximum Gasteiger partial charge on any atom is 0.338 e. The standard InChI is InChI=1S/C29H26Cl2N4O3S/c1-3-37-27(36)25-18(2)32-28-33-29(39-17-19-8-5-4-6-9-19)34-35(28)26(25)20-10-7-11-23(14-20)38-16-21-12-13-22(30)15-24(21)31/h4-15,26H,3,16-17H2,1-2H3,(H,32,33,34). The molecule has 5 rings (SSSR count). The van der Waals surface area contributed by atoms with Crippen molar-refractivity contribution in [3.8, 4) is 5.75 Å². The number of aromatic nitrogens is 3. The molecule has 3 aromatic carbocycles. The minimum Gasteiger partial charge on any atom is -0.489 e. The largest absolute Gasteiger partial charge is 0.489 e. The van der Waals surface area contributed by atoms with Crippen LogP contribution in [-0.2, 0) is 21.9 Å². The molecule has 1 unspecified atom stereocenters. The van der Waals surface area contributed by atoms with Crippen molar-refractivity contribution in [3.05, 3.63) is 111 Å². The molecule has 1 atom stereocenters. The van der Waals surface area contributed by atoms with Crippen LogP contribution in [0.25, 0.3) is 0 Å². The van der Waals surface area contributed by atoms with Gasteiger partial charge in [0, 0.05) is 27.1 Å². The molecule has 0 bridgehead atoms. The minimum atomic E-state index is -0.554. The molecule has 1 N–H and O–H groups in total. The van der Waals surface area contributed by atoms with E-state index in [2.05, 4.69) is 17.4 Å². The number of thioether (sulfide) groups is 1. The van der Waals surface area contributed by atoms with E-state index >= 15 is 0 Å². The van der Waals surface area contributed by atoms with Crippen LogP contribution >= 0.6 is 35.0 Å². The molecule has 0 spiro atoms. The fourth-order valence-electron chi connectivity index (χ4n) is 4.27. The number of ether oxygens (including phenoxy) is 2.